The molecule has 3 nitrogen and oxygen atoms in total. The highest BCUT2D eigenvalue weighted by molar-refractivity contribution is 6.08. The average Bonchev–Trinajstić information content (AvgIpc) is 3.21. The average molecular weight is 450 g/mol. The molecular weight excluding hydrogens is 416 g/mol. The highest BCUT2D eigenvalue weighted by atomic mass is 16.3. The quantitative estimate of drug-likeness (QED) is 0.269. The van der Waals surface area contributed by atoms with Crippen molar-refractivity contribution in [2.75, 3.05) is 0 Å². The van der Waals surface area contributed by atoms with Crippen molar-refractivity contribution in [2.45, 2.75) is 47.4 Å². The topological polar surface area (TPSA) is 38.9 Å². The van der Waals surface area contributed by atoms with Crippen LogP contribution in [0.25, 0.3) is 44.6 Å². The summed E-state index contributed by atoms with van der Waals surface area (Å²) in [5, 5.41) is 2.02. The van der Waals surface area contributed by atoms with Gasteiger partial charge in [0.25, 0.3) is 0 Å². The molecule has 0 aliphatic rings. The number of furan rings is 1. The first-order chi connectivity index (χ1) is 16.7. The first-order valence-corrected chi connectivity index (χ1v) is 12.1. The number of hydrogen-bond donors (Lipinski definition) is 0. The van der Waals surface area contributed by atoms with Gasteiger partial charge in [0.15, 0.2) is 0 Å². The van der Waals surface area contributed by atoms with Crippen molar-refractivity contribution in [1.82, 2.24) is 9.97 Å². The fraction of sp³-hybridized carbons (Fsp3) is 0.290. The number of fused-ring (bicyclic) bond motifs is 3. The van der Waals surface area contributed by atoms with Crippen molar-refractivity contribution >= 4 is 22.1 Å². The molecule has 3 aromatic heterocycles. The Morgan fingerprint density at radius 1 is 0.794 bits per heavy atom. The molecule has 0 aliphatic carbocycles. The molecule has 172 valence electrons. The van der Waals surface area contributed by atoms with Crippen LogP contribution in [0.15, 0.2) is 71.3 Å². The van der Waals surface area contributed by atoms with Crippen LogP contribution in [0.2, 0.25) is 0 Å². The molecule has 0 radical (unpaired) electrons. The predicted octanol–water partition coefficient (Wildman–Crippen LogP) is 8.72. The molecule has 0 N–H and O–H groups in total. The summed E-state index contributed by atoms with van der Waals surface area (Å²) < 4.78 is 15.7. The SMILES string of the molecule is [2H]C(c1ccnc(-c2cccc3c2oc2nc(-c4c(C)cccc4C)ccc23)c1)(C(C)C)C(C)C. The summed E-state index contributed by atoms with van der Waals surface area (Å²) in [6, 6.07) is 20.7. The summed E-state index contributed by atoms with van der Waals surface area (Å²) in [6.07, 6.45) is 1.82. The van der Waals surface area contributed by atoms with Crippen molar-refractivity contribution in [3.05, 3.63) is 83.6 Å². The Labute approximate surface area is 203 Å². The molecule has 0 amide bonds. The molecule has 3 heterocycles. The minimum absolute atomic E-state index is 0.173. The van der Waals surface area contributed by atoms with Crippen LogP contribution in [0.5, 0.6) is 0 Å². The minimum Gasteiger partial charge on any atom is -0.437 e. The van der Waals surface area contributed by atoms with Gasteiger partial charge < -0.3 is 4.42 Å². The van der Waals surface area contributed by atoms with Crippen LogP contribution < -0.4 is 0 Å². The maximum Gasteiger partial charge on any atom is 0.227 e. The van der Waals surface area contributed by atoms with Crippen molar-refractivity contribution in [3.63, 3.8) is 0 Å². The second-order valence-electron chi connectivity index (χ2n) is 9.79. The van der Waals surface area contributed by atoms with Crippen LogP contribution in [0, 0.1) is 25.7 Å². The van der Waals surface area contributed by atoms with E-state index in [1.807, 2.05) is 24.4 Å². The third-order valence-corrected chi connectivity index (χ3v) is 6.71. The second-order valence-corrected chi connectivity index (χ2v) is 9.79. The zero-order valence-electron chi connectivity index (χ0n) is 21.8. The maximum atomic E-state index is 9.26. The molecule has 34 heavy (non-hydrogen) atoms. The Morgan fingerprint density at radius 3 is 2.21 bits per heavy atom. The number of hydrogen-bond acceptors (Lipinski definition) is 3. The van der Waals surface area contributed by atoms with Crippen LogP contribution >= 0.6 is 0 Å². The fourth-order valence-corrected chi connectivity index (χ4v) is 5.33. The summed E-state index contributed by atoms with van der Waals surface area (Å²) in [7, 11) is 0. The van der Waals surface area contributed by atoms with E-state index in [-0.39, 0.29) is 11.8 Å². The van der Waals surface area contributed by atoms with E-state index in [4.69, 9.17) is 9.40 Å². The normalized spacial score (nSPS) is 12.8. The minimum atomic E-state index is -0.693. The van der Waals surface area contributed by atoms with E-state index in [0.717, 1.165) is 44.4 Å². The molecular formula is C31H32N2O. The molecule has 0 aliphatic heterocycles. The van der Waals surface area contributed by atoms with Crippen LogP contribution in [-0.2, 0) is 0 Å². The molecule has 0 saturated carbocycles. The van der Waals surface area contributed by atoms with Gasteiger partial charge in [0.05, 0.1) is 11.4 Å². The van der Waals surface area contributed by atoms with Crippen molar-refractivity contribution < 1.29 is 5.79 Å². The third-order valence-electron chi connectivity index (χ3n) is 6.71. The lowest BCUT2D eigenvalue weighted by Gasteiger charge is -2.25. The first kappa shape index (κ1) is 21.1. The first-order valence-electron chi connectivity index (χ1n) is 12.6. The molecule has 3 heteroatoms. The molecule has 0 spiro atoms. The lowest BCUT2D eigenvalue weighted by atomic mass is 9.80. The van der Waals surface area contributed by atoms with E-state index in [9.17, 15) is 1.37 Å². The Balaban J connectivity index is 1.68. The summed E-state index contributed by atoms with van der Waals surface area (Å²) in [5.74, 6) is -0.346. The third kappa shape index (κ3) is 3.79. The molecule has 5 rings (SSSR count). The Kier molecular flexibility index (Phi) is 5.41. The zero-order chi connectivity index (χ0) is 24.9. The van der Waals surface area contributed by atoms with E-state index in [0.29, 0.717) is 5.71 Å². The number of nitrogens with zero attached hydrogens (tertiary/aromatic N) is 2. The number of pyridine rings is 2. The molecule has 2 aromatic carbocycles. The standard InChI is InChI=1S/C31H32N2O/c1-18(2)28(19(3)4)22-15-16-32-27(17-22)25-12-8-11-23-24-13-14-26(33-31(24)34-30(23)25)29-20(5)9-7-10-21(29)6/h7-19,28H,1-6H3/i28D. The van der Waals surface area contributed by atoms with Crippen LogP contribution in [0.3, 0.4) is 0 Å². The van der Waals surface area contributed by atoms with Crippen LogP contribution in [0.1, 0.15) is 51.7 Å². The van der Waals surface area contributed by atoms with Gasteiger partial charge >= 0.3 is 0 Å². The highest BCUT2D eigenvalue weighted by Gasteiger charge is 2.21. The largest absolute Gasteiger partial charge is 0.437 e. The molecule has 0 atom stereocenters. The Hall–Kier alpha value is -3.46. The molecule has 5 aromatic rings. The maximum absolute atomic E-state index is 9.26. The summed E-state index contributed by atoms with van der Waals surface area (Å²) in [4.78, 5) is 9.61. The van der Waals surface area contributed by atoms with E-state index in [1.54, 1.807) is 0 Å². The number of para-hydroxylation sites is 1. The zero-order valence-corrected chi connectivity index (χ0v) is 20.8. The van der Waals surface area contributed by atoms with Crippen molar-refractivity contribution in [1.29, 1.82) is 0 Å². The van der Waals surface area contributed by atoms with Crippen LogP contribution in [0.4, 0.5) is 0 Å². The summed E-state index contributed by atoms with van der Waals surface area (Å²) in [5.41, 5.74) is 8.60. The predicted molar refractivity (Wildman–Crippen MR) is 142 cm³/mol. The number of aryl methyl sites for hydroxylation is 2. The fourth-order valence-electron chi connectivity index (χ4n) is 5.33. The highest BCUT2D eigenvalue weighted by Crippen LogP contribution is 2.38. The number of rotatable bonds is 5. The Morgan fingerprint density at radius 2 is 1.50 bits per heavy atom. The van der Waals surface area contributed by atoms with Gasteiger partial charge in [-0.15, -0.1) is 0 Å². The van der Waals surface area contributed by atoms with E-state index < -0.39 is 5.89 Å². The van der Waals surface area contributed by atoms with Crippen molar-refractivity contribution in [2.24, 2.45) is 11.8 Å². The molecule has 0 fully saturated rings. The monoisotopic (exact) mass is 449 g/mol. The van der Waals surface area contributed by atoms with E-state index >= 15 is 0 Å². The van der Waals surface area contributed by atoms with Gasteiger partial charge in [0.2, 0.25) is 5.71 Å². The molecule has 0 bridgehead atoms. The van der Waals surface area contributed by atoms with Gasteiger partial charge in [-0.05, 0) is 78.6 Å². The molecule has 0 saturated heterocycles. The van der Waals surface area contributed by atoms with Crippen molar-refractivity contribution in [3.8, 4) is 22.5 Å². The number of benzene rings is 2. The summed E-state index contributed by atoms with van der Waals surface area (Å²) in [6.45, 7) is 12.7. The van der Waals surface area contributed by atoms with Gasteiger partial charge in [-0.3, -0.25) is 4.98 Å². The number of aromatic nitrogens is 2. The van der Waals surface area contributed by atoms with Gasteiger partial charge in [-0.1, -0.05) is 58.0 Å². The lowest BCUT2D eigenvalue weighted by Crippen LogP contribution is -2.13. The van der Waals surface area contributed by atoms with Gasteiger partial charge in [-0.25, -0.2) is 4.98 Å². The van der Waals surface area contributed by atoms with E-state index in [2.05, 4.69) is 89.0 Å². The van der Waals surface area contributed by atoms with E-state index in [1.165, 1.54) is 11.1 Å². The Bertz CT molecular complexity index is 1520. The lowest BCUT2D eigenvalue weighted by molar-refractivity contribution is 0.387. The molecule has 0 unspecified atom stereocenters. The second kappa shape index (κ2) is 8.72. The van der Waals surface area contributed by atoms with Crippen LogP contribution in [-0.4, -0.2) is 9.97 Å². The summed E-state index contributed by atoms with van der Waals surface area (Å²) >= 11 is 0. The van der Waals surface area contributed by atoms with Gasteiger partial charge in [-0.2, -0.15) is 0 Å². The van der Waals surface area contributed by atoms with Gasteiger partial charge in [0, 0.05) is 29.5 Å². The van der Waals surface area contributed by atoms with Gasteiger partial charge in [0.1, 0.15) is 5.58 Å². The smallest absolute Gasteiger partial charge is 0.227 e.